The molecule has 0 radical (unpaired) electrons. The summed E-state index contributed by atoms with van der Waals surface area (Å²) >= 11 is 0. The molecule has 5 rings (SSSR count). The lowest BCUT2D eigenvalue weighted by atomic mass is 10.1. The van der Waals surface area contributed by atoms with Crippen LogP contribution < -0.4 is 0 Å². The fourth-order valence-corrected chi connectivity index (χ4v) is 5.58. The monoisotopic (exact) mass is 532 g/mol. The summed E-state index contributed by atoms with van der Waals surface area (Å²) in [7, 11) is 0. The second-order valence-electron chi connectivity index (χ2n) is 11.0. The molecule has 1 aliphatic rings. The first-order valence-corrected chi connectivity index (χ1v) is 14.9. The van der Waals surface area contributed by atoms with E-state index in [9.17, 15) is 0 Å². The minimum Gasteiger partial charge on any atom is -0.297 e. The van der Waals surface area contributed by atoms with Crippen molar-refractivity contribution in [3.05, 3.63) is 144 Å². The molecule has 1 heterocycles. The van der Waals surface area contributed by atoms with Gasteiger partial charge in [-0.2, -0.15) is 0 Å². The van der Waals surface area contributed by atoms with Gasteiger partial charge in [-0.25, -0.2) is 0 Å². The van der Waals surface area contributed by atoms with Crippen LogP contribution in [0, 0.1) is 0 Å². The predicted octanol–water partition coefficient (Wildman–Crippen LogP) is 6.01. The normalized spacial score (nSPS) is 17.2. The van der Waals surface area contributed by atoms with E-state index in [1.54, 1.807) is 0 Å². The summed E-state index contributed by atoms with van der Waals surface area (Å²) in [6.07, 6.45) is 0. The maximum atomic E-state index is 2.66. The van der Waals surface area contributed by atoms with Gasteiger partial charge < -0.3 is 0 Å². The highest BCUT2D eigenvalue weighted by Crippen LogP contribution is 2.12. The number of hydrogen-bond donors (Lipinski definition) is 0. The second kappa shape index (κ2) is 15.5. The molecule has 0 amide bonds. The van der Waals surface area contributed by atoms with Crippen LogP contribution in [0.1, 0.15) is 22.3 Å². The third kappa shape index (κ3) is 9.42. The quantitative estimate of drug-likeness (QED) is 0.276. The van der Waals surface area contributed by atoms with Crippen LogP contribution in [-0.2, 0) is 26.2 Å². The first kappa shape index (κ1) is 28.3. The van der Waals surface area contributed by atoms with Gasteiger partial charge in [-0.15, -0.1) is 0 Å². The molecule has 0 unspecified atom stereocenters. The largest absolute Gasteiger partial charge is 0.297 e. The number of nitrogens with zero attached hydrogens (tertiary/aromatic N) is 4. The van der Waals surface area contributed by atoms with Gasteiger partial charge in [-0.1, -0.05) is 121 Å². The SMILES string of the molecule is c1ccc(CN2CCN(Cc3ccccc3)CCN(Cc3ccccc3)CCN(Cc3ccccc3)CC2)cc1. The van der Waals surface area contributed by atoms with Crippen LogP contribution in [0.3, 0.4) is 0 Å². The Labute approximate surface area is 241 Å². The van der Waals surface area contributed by atoms with E-state index in [2.05, 4.69) is 141 Å². The highest BCUT2D eigenvalue weighted by atomic mass is 15.3. The number of rotatable bonds is 8. The van der Waals surface area contributed by atoms with Crippen molar-refractivity contribution in [2.45, 2.75) is 26.2 Å². The van der Waals surface area contributed by atoms with E-state index in [1.807, 2.05) is 0 Å². The van der Waals surface area contributed by atoms with E-state index < -0.39 is 0 Å². The van der Waals surface area contributed by atoms with E-state index in [0.717, 1.165) is 78.5 Å². The second-order valence-corrected chi connectivity index (χ2v) is 11.0. The molecule has 4 aromatic carbocycles. The molecule has 1 saturated heterocycles. The van der Waals surface area contributed by atoms with E-state index in [4.69, 9.17) is 0 Å². The molecule has 0 bridgehead atoms. The van der Waals surface area contributed by atoms with Gasteiger partial charge >= 0.3 is 0 Å². The van der Waals surface area contributed by atoms with Gasteiger partial charge in [0.05, 0.1) is 0 Å². The van der Waals surface area contributed by atoms with Crippen molar-refractivity contribution < 1.29 is 0 Å². The topological polar surface area (TPSA) is 13.0 Å². The standard InChI is InChI=1S/C36H44N4/c1-5-13-33(14-6-1)29-37-21-23-38(30-34-15-7-2-8-16-34)25-27-40(32-36-19-11-4-12-20-36)28-26-39(24-22-37)31-35-17-9-3-10-18-35/h1-20H,21-32H2. The number of benzene rings is 4. The van der Waals surface area contributed by atoms with Crippen LogP contribution in [0.2, 0.25) is 0 Å². The summed E-state index contributed by atoms with van der Waals surface area (Å²) in [4.78, 5) is 10.6. The highest BCUT2D eigenvalue weighted by molar-refractivity contribution is 5.17. The molecule has 0 aliphatic carbocycles. The smallest absolute Gasteiger partial charge is 0.0234 e. The van der Waals surface area contributed by atoms with Crippen molar-refractivity contribution in [1.82, 2.24) is 19.6 Å². The Bertz CT molecular complexity index is 1000. The molecule has 0 atom stereocenters. The molecule has 0 N–H and O–H groups in total. The lowest BCUT2D eigenvalue weighted by Gasteiger charge is -2.34. The minimum atomic E-state index is 0.999. The van der Waals surface area contributed by atoms with E-state index in [0.29, 0.717) is 0 Å². The summed E-state index contributed by atoms with van der Waals surface area (Å²) in [5, 5.41) is 0. The maximum Gasteiger partial charge on any atom is 0.0234 e. The first-order valence-electron chi connectivity index (χ1n) is 14.9. The lowest BCUT2D eigenvalue weighted by Crippen LogP contribution is -2.45. The summed E-state index contributed by atoms with van der Waals surface area (Å²) < 4.78 is 0. The summed E-state index contributed by atoms with van der Waals surface area (Å²) in [5.74, 6) is 0. The van der Waals surface area contributed by atoms with Crippen LogP contribution in [-0.4, -0.2) is 72.0 Å². The molecule has 4 heteroatoms. The van der Waals surface area contributed by atoms with Crippen LogP contribution in [0.5, 0.6) is 0 Å². The maximum absolute atomic E-state index is 2.66. The summed E-state index contributed by atoms with van der Waals surface area (Å²) in [6, 6.07) is 43.9. The van der Waals surface area contributed by atoms with Crippen LogP contribution in [0.25, 0.3) is 0 Å². The van der Waals surface area contributed by atoms with Crippen LogP contribution in [0.4, 0.5) is 0 Å². The Balaban J connectivity index is 1.34. The van der Waals surface area contributed by atoms with E-state index >= 15 is 0 Å². The van der Waals surface area contributed by atoms with Crippen molar-refractivity contribution in [3.63, 3.8) is 0 Å². The van der Waals surface area contributed by atoms with Crippen molar-refractivity contribution in [2.24, 2.45) is 0 Å². The zero-order valence-corrected chi connectivity index (χ0v) is 23.8. The van der Waals surface area contributed by atoms with Crippen molar-refractivity contribution in [2.75, 3.05) is 52.4 Å². The molecule has 208 valence electrons. The Morgan fingerprint density at radius 2 is 0.450 bits per heavy atom. The molecular formula is C36H44N4. The molecule has 4 aromatic rings. The highest BCUT2D eigenvalue weighted by Gasteiger charge is 2.18. The first-order chi connectivity index (χ1) is 19.8. The van der Waals surface area contributed by atoms with Crippen LogP contribution in [0.15, 0.2) is 121 Å². The minimum absolute atomic E-state index is 0.999. The summed E-state index contributed by atoms with van der Waals surface area (Å²) in [6.45, 7) is 12.5. The molecule has 0 aromatic heterocycles. The van der Waals surface area contributed by atoms with Gasteiger partial charge in [-0.3, -0.25) is 19.6 Å². The fraction of sp³-hybridized carbons (Fsp3) is 0.333. The average Bonchev–Trinajstić information content (AvgIpc) is 3.00. The molecular weight excluding hydrogens is 488 g/mol. The van der Waals surface area contributed by atoms with Crippen molar-refractivity contribution in [1.29, 1.82) is 0 Å². The molecule has 4 nitrogen and oxygen atoms in total. The van der Waals surface area contributed by atoms with Crippen LogP contribution >= 0.6 is 0 Å². The molecule has 1 fully saturated rings. The number of hydrogen-bond acceptors (Lipinski definition) is 4. The lowest BCUT2D eigenvalue weighted by molar-refractivity contribution is 0.122. The Hall–Kier alpha value is -3.28. The Morgan fingerprint density at radius 3 is 0.625 bits per heavy atom. The zero-order valence-electron chi connectivity index (χ0n) is 23.8. The van der Waals surface area contributed by atoms with Gasteiger partial charge in [0.1, 0.15) is 0 Å². The fourth-order valence-electron chi connectivity index (χ4n) is 5.58. The van der Waals surface area contributed by atoms with Gasteiger partial charge in [0.25, 0.3) is 0 Å². The average molecular weight is 533 g/mol. The van der Waals surface area contributed by atoms with Crippen molar-refractivity contribution in [3.8, 4) is 0 Å². The van der Waals surface area contributed by atoms with Crippen molar-refractivity contribution >= 4 is 0 Å². The zero-order chi connectivity index (χ0) is 27.2. The van der Waals surface area contributed by atoms with Gasteiger partial charge in [0.15, 0.2) is 0 Å². The van der Waals surface area contributed by atoms with E-state index in [1.165, 1.54) is 22.3 Å². The van der Waals surface area contributed by atoms with E-state index in [-0.39, 0.29) is 0 Å². The molecule has 40 heavy (non-hydrogen) atoms. The van der Waals surface area contributed by atoms with Gasteiger partial charge in [0, 0.05) is 78.5 Å². The predicted molar refractivity (Wildman–Crippen MR) is 167 cm³/mol. The third-order valence-corrected chi connectivity index (χ3v) is 7.93. The Morgan fingerprint density at radius 1 is 0.275 bits per heavy atom. The molecule has 0 saturated carbocycles. The summed E-state index contributed by atoms with van der Waals surface area (Å²) in [5.41, 5.74) is 5.58. The molecule has 1 aliphatic heterocycles. The third-order valence-electron chi connectivity index (χ3n) is 7.93. The van der Waals surface area contributed by atoms with Gasteiger partial charge in [-0.05, 0) is 22.3 Å². The Kier molecular flexibility index (Phi) is 10.9. The van der Waals surface area contributed by atoms with Gasteiger partial charge in [0.2, 0.25) is 0 Å². The molecule has 0 spiro atoms.